The first-order valence-electron chi connectivity index (χ1n) is 10.8. The monoisotopic (exact) mass is 477 g/mol. The number of carbonyl (C=O) groups is 2. The van der Waals surface area contributed by atoms with E-state index in [1.54, 1.807) is 0 Å². The summed E-state index contributed by atoms with van der Waals surface area (Å²) >= 11 is 0. The van der Waals surface area contributed by atoms with E-state index in [0.29, 0.717) is 26.0 Å². The summed E-state index contributed by atoms with van der Waals surface area (Å²) in [5.74, 6) is -2.18. The molecule has 1 heterocycles. The first-order valence-corrected chi connectivity index (χ1v) is 12.2. The zero-order valence-corrected chi connectivity index (χ0v) is 19.2. The highest BCUT2D eigenvalue weighted by atomic mass is 32.2. The zero-order valence-electron chi connectivity index (χ0n) is 18.4. The third-order valence-electron chi connectivity index (χ3n) is 5.29. The van der Waals surface area contributed by atoms with Crippen LogP contribution in [0.25, 0.3) is 0 Å². The van der Waals surface area contributed by atoms with Crippen LogP contribution >= 0.6 is 0 Å². The highest BCUT2D eigenvalue weighted by Crippen LogP contribution is 2.25. The van der Waals surface area contributed by atoms with Gasteiger partial charge in [0.05, 0.1) is 18.0 Å². The Morgan fingerprint density at radius 1 is 1.12 bits per heavy atom. The van der Waals surface area contributed by atoms with E-state index >= 15 is 0 Å². The molecular formula is C23H28FN3O5S. The number of nitrogens with zero attached hydrogens (tertiary/aromatic N) is 1. The van der Waals surface area contributed by atoms with E-state index in [4.69, 9.17) is 4.74 Å². The first-order chi connectivity index (χ1) is 15.8. The quantitative estimate of drug-likeness (QED) is 0.445. The van der Waals surface area contributed by atoms with Gasteiger partial charge >= 0.3 is 11.8 Å². The van der Waals surface area contributed by atoms with Gasteiger partial charge in [0.15, 0.2) is 0 Å². The fourth-order valence-electron chi connectivity index (χ4n) is 3.61. The molecule has 1 aliphatic rings. The Kier molecular flexibility index (Phi) is 8.54. The number of benzene rings is 2. The normalized spacial score (nSPS) is 16.8. The molecule has 0 unspecified atom stereocenters. The van der Waals surface area contributed by atoms with Crippen LogP contribution < -0.4 is 10.6 Å². The Morgan fingerprint density at radius 3 is 2.58 bits per heavy atom. The average molecular weight is 478 g/mol. The second-order valence-corrected chi connectivity index (χ2v) is 9.62. The number of carbonyl (C=O) groups excluding carboxylic acids is 2. The first kappa shape index (κ1) is 24.8. The molecule has 0 saturated carbocycles. The number of hydrogen-bond acceptors (Lipinski definition) is 5. The molecule has 1 saturated heterocycles. The third-order valence-corrected chi connectivity index (χ3v) is 7.34. The van der Waals surface area contributed by atoms with Crippen LogP contribution in [-0.4, -0.2) is 57.0 Å². The summed E-state index contributed by atoms with van der Waals surface area (Å²) < 4.78 is 46.4. The number of hydrogen-bond donors (Lipinski definition) is 2. The lowest BCUT2D eigenvalue weighted by molar-refractivity contribution is -0.140. The van der Waals surface area contributed by atoms with Crippen molar-refractivity contribution in [3.63, 3.8) is 0 Å². The molecule has 1 fully saturated rings. The number of amides is 2. The molecule has 2 aromatic carbocycles. The molecule has 178 valence electrons. The number of ether oxygens (including phenoxy) is 1. The van der Waals surface area contributed by atoms with Crippen molar-refractivity contribution in [2.24, 2.45) is 0 Å². The fraction of sp³-hybridized carbons (Fsp3) is 0.391. The SMILES string of the molecule is Cc1cc(F)ccc1S(=O)(=O)N1CCCO[C@H]1CNC(=O)C(=O)NCCCc1ccccc1. The van der Waals surface area contributed by atoms with Crippen molar-refractivity contribution < 1.29 is 27.1 Å². The summed E-state index contributed by atoms with van der Waals surface area (Å²) in [5, 5.41) is 5.01. The summed E-state index contributed by atoms with van der Waals surface area (Å²) in [6, 6.07) is 13.2. The van der Waals surface area contributed by atoms with Crippen LogP contribution in [0.15, 0.2) is 53.4 Å². The van der Waals surface area contributed by atoms with E-state index in [2.05, 4.69) is 10.6 Å². The maximum atomic E-state index is 13.4. The summed E-state index contributed by atoms with van der Waals surface area (Å²) in [7, 11) is -3.98. The molecule has 1 atom stereocenters. The molecular weight excluding hydrogens is 449 g/mol. The van der Waals surface area contributed by atoms with Gasteiger partial charge in [-0.3, -0.25) is 9.59 Å². The van der Waals surface area contributed by atoms with E-state index < -0.39 is 33.9 Å². The Morgan fingerprint density at radius 2 is 1.85 bits per heavy atom. The maximum absolute atomic E-state index is 13.4. The van der Waals surface area contributed by atoms with Crippen molar-refractivity contribution in [3.8, 4) is 0 Å². The lowest BCUT2D eigenvalue weighted by Gasteiger charge is -2.34. The summed E-state index contributed by atoms with van der Waals surface area (Å²) in [4.78, 5) is 24.2. The maximum Gasteiger partial charge on any atom is 0.309 e. The van der Waals surface area contributed by atoms with Gasteiger partial charge in [-0.2, -0.15) is 4.31 Å². The molecule has 8 nitrogen and oxygen atoms in total. The van der Waals surface area contributed by atoms with Crippen LogP contribution in [0.4, 0.5) is 4.39 Å². The number of halogens is 1. The zero-order chi connectivity index (χ0) is 23.8. The Labute approximate surface area is 193 Å². The average Bonchev–Trinajstić information content (AvgIpc) is 2.80. The summed E-state index contributed by atoms with van der Waals surface area (Å²) in [5.41, 5.74) is 1.42. The standard InChI is InChI=1S/C23H28FN3O5S/c1-17-15-19(24)10-11-20(17)33(30,31)27-13-6-14-32-21(27)16-26-23(29)22(28)25-12-5-9-18-7-3-2-4-8-18/h2-4,7-8,10-11,15,21H,5-6,9,12-14,16H2,1H3,(H,25,28)(H,26,29)/t21-/m0/s1. The van der Waals surface area contributed by atoms with Crippen molar-refractivity contribution >= 4 is 21.8 Å². The van der Waals surface area contributed by atoms with E-state index in [1.165, 1.54) is 13.0 Å². The predicted molar refractivity (Wildman–Crippen MR) is 120 cm³/mol. The van der Waals surface area contributed by atoms with E-state index in [-0.39, 0.29) is 23.5 Å². The minimum atomic E-state index is -3.98. The molecule has 0 aliphatic carbocycles. The van der Waals surface area contributed by atoms with E-state index in [0.717, 1.165) is 28.4 Å². The van der Waals surface area contributed by atoms with Gasteiger partial charge in [0, 0.05) is 13.1 Å². The smallest absolute Gasteiger partial charge is 0.309 e. The van der Waals surface area contributed by atoms with Crippen LogP contribution in [-0.2, 0) is 30.8 Å². The van der Waals surface area contributed by atoms with Crippen LogP contribution in [0, 0.1) is 12.7 Å². The lowest BCUT2D eigenvalue weighted by Crippen LogP contribution is -2.53. The Bertz CT molecular complexity index is 1080. The summed E-state index contributed by atoms with van der Waals surface area (Å²) in [6.45, 7) is 2.17. The van der Waals surface area contributed by atoms with Crippen molar-refractivity contribution in [1.82, 2.24) is 14.9 Å². The van der Waals surface area contributed by atoms with Crippen molar-refractivity contribution in [2.45, 2.75) is 37.3 Å². The molecule has 3 rings (SSSR count). The number of sulfonamides is 1. The molecule has 33 heavy (non-hydrogen) atoms. The highest BCUT2D eigenvalue weighted by molar-refractivity contribution is 7.89. The Hall–Kier alpha value is -2.82. The number of nitrogens with one attached hydrogen (secondary N) is 2. The molecule has 2 amide bonds. The topological polar surface area (TPSA) is 105 Å². The van der Waals surface area contributed by atoms with Crippen LogP contribution in [0.1, 0.15) is 24.0 Å². The van der Waals surface area contributed by atoms with Gasteiger partial charge < -0.3 is 15.4 Å². The molecule has 10 heteroatoms. The number of aryl methyl sites for hydroxylation is 2. The Balaban J connectivity index is 1.53. The van der Waals surface area contributed by atoms with Crippen LogP contribution in [0.5, 0.6) is 0 Å². The molecule has 0 spiro atoms. The van der Waals surface area contributed by atoms with Crippen molar-refractivity contribution in [1.29, 1.82) is 0 Å². The van der Waals surface area contributed by atoms with Gasteiger partial charge in [-0.1, -0.05) is 30.3 Å². The largest absolute Gasteiger partial charge is 0.360 e. The summed E-state index contributed by atoms with van der Waals surface area (Å²) in [6.07, 6.45) is 0.959. The predicted octanol–water partition coefficient (Wildman–Crippen LogP) is 1.74. The molecule has 0 aromatic heterocycles. The molecule has 2 aromatic rings. The molecule has 0 radical (unpaired) electrons. The van der Waals surface area contributed by atoms with Gasteiger partial charge in [0.2, 0.25) is 10.0 Å². The van der Waals surface area contributed by atoms with Crippen LogP contribution in [0.2, 0.25) is 0 Å². The second-order valence-electron chi connectivity index (χ2n) is 7.76. The van der Waals surface area contributed by atoms with Gasteiger partial charge in [-0.05, 0) is 55.5 Å². The minimum absolute atomic E-state index is 0.0260. The lowest BCUT2D eigenvalue weighted by atomic mass is 10.1. The van der Waals surface area contributed by atoms with Crippen molar-refractivity contribution in [2.75, 3.05) is 26.2 Å². The van der Waals surface area contributed by atoms with Crippen LogP contribution in [0.3, 0.4) is 0 Å². The van der Waals surface area contributed by atoms with E-state index in [9.17, 15) is 22.4 Å². The fourth-order valence-corrected chi connectivity index (χ4v) is 5.38. The number of rotatable bonds is 8. The van der Waals surface area contributed by atoms with Gasteiger partial charge in [0.1, 0.15) is 12.0 Å². The molecule has 0 bridgehead atoms. The van der Waals surface area contributed by atoms with Gasteiger partial charge in [-0.15, -0.1) is 0 Å². The minimum Gasteiger partial charge on any atom is -0.360 e. The van der Waals surface area contributed by atoms with Gasteiger partial charge in [-0.25, -0.2) is 12.8 Å². The third kappa shape index (κ3) is 6.59. The van der Waals surface area contributed by atoms with E-state index in [1.807, 2.05) is 30.3 Å². The molecule has 1 aliphatic heterocycles. The van der Waals surface area contributed by atoms with Crippen molar-refractivity contribution in [3.05, 3.63) is 65.5 Å². The van der Waals surface area contributed by atoms with Gasteiger partial charge in [0.25, 0.3) is 0 Å². The molecule has 2 N–H and O–H groups in total. The second kappa shape index (κ2) is 11.4. The highest BCUT2D eigenvalue weighted by Gasteiger charge is 2.35.